The maximum Gasteiger partial charge on any atom is 0.226 e. The number of carbonyl (C=O) groups excluding carboxylic acids is 1. The van der Waals surface area contributed by atoms with E-state index in [9.17, 15) is 14.3 Å². The van der Waals surface area contributed by atoms with Crippen molar-refractivity contribution >= 4 is 11.6 Å². The van der Waals surface area contributed by atoms with Gasteiger partial charge in [-0.05, 0) is 48.4 Å². The summed E-state index contributed by atoms with van der Waals surface area (Å²) in [6.45, 7) is 0. The molecule has 0 radical (unpaired) electrons. The number of carbonyl (C=O) groups is 1. The highest BCUT2D eigenvalue weighted by atomic mass is 19.1. The van der Waals surface area contributed by atoms with Crippen molar-refractivity contribution in [3.8, 4) is 6.07 Å². The minimum atomic E-state index is -0.844. The van der Waals surface area contributed by atoms with Crippen molar-refractivity contribution in [1.82, 2.24) is 0 Å². The van der Waals surface area contributed by atoms with Gasteiger partial charge in [0.1, 0.15) is 5.82 Å². The number of hydrogen-bond donors (Lipinski definition) is 2. The smallest absolute Gasteiger partial charge is 0.226 e. The van der Waals surface area contributed by atoms with Crippen LogP contribution in [0.2, 0.25) is 0 Å². The van der Waals surface area contributed by atoms with Crippen LogP contribution in [0.5, 0.6) is 0 Å². The van der Waals surface area contributed by atoms with E-state index in [1.54, 1.807) is 36.4 Å². The lowest BCUT2D eigenvalue weighted by Crippen LogP contribution is -2.21. The number of nitrogens with one attached hydrogen (secondary N) is 1. The van der Waals surface area contributed by atoms with Crippen LogP contribution >= 0.6 is 0 Å². The van der Waals surface area contributed by atoms with Crippen LogP contribution in [-0.2, 0) is 11.2 Å². The van der Waals surface area contributed by atoms with E-state index in [1.807, 2.05) is 6.07 Å². The molecule has 0 heterocycles. The number of nitriles is 1. The number of amides is 1. The molecule has 0 bridgehead atoms. The number of anilines is 1. The van der Waals surface area contributed by atoms with Crippen LogP contribution < -0.4 is 5.32 Å². The average molecular weight is 298 g/mol. The van der Waals surface area contributed by atoms with Gasteiger partial charge in [0, 0.05) is 5.69 Å². The van der Waals surface area contributed by atoms with E-state index >= 15 is 0 Å². The van der Waals surface area contributed by atoms with Crippen molar-refractivity contribution in [2.24, 2.45) is 0 Å². The molecular formula is C17H15FN2O2. The molecule has 0 aliphatic heterocycles. The van der Waals surface area contributed by atoms with E-state index < -0.39 is 6.10 Å². The van der Waals surface area contributed by atoms with Gasteiger partial charge in [0.25, 0.3) is 0 Å². The van der Waals surface area contributed by atoms with Crippen molar-refractivity contribution in [1.29, 1.82) is 5.26 Å². The summed E-state index contributed by atoms with van der Waals surface area (Å²) in [6.07, 6.45) is -0.623. The van der Waals surface area contributed by atoms with E-state index in [0.29, 0.717) is 11.3 Å². The zero-order valence-corrected chi connectivity index (χ0v) is 11.8. The third kappa shape index (κ3) is 4.69. The molecule has 0 saturated heterocycles. The Morgan fingerprint density at radius 1 is 1.18 bits per heavy atom. The van der Waals surface area contributed by atoms with Crippen LogP contribution in [-0.4, -0.2) is 17.1 Å². The number of aliphatic hydroxyl groups is 1. The zero-order chi connectivity index (χ0) is 15.9. The first-order chi connectivity index (χ1) is 10.6. The van der Waals surface area contributed by atoms with Crippen LogP contribution in [0.4, 0.5) is 10.1 Å². The van der Waals surface area contributed by atoms with E-state index in [1.165, 1.54) is 12.1 Å². The van der Waals surface area contributed by atoms with Gasteiger partial charge in [0.05, 0.1) is 24.2 Å². The molecule has 1 atom stereocenters. The average Bonchev–Trinajstić information content (AvgIpc) is 2.50. The number of hydrogen-bond acceptors (Lipinski definition) is 3. The van der Waals surface area contributed by atoms with Crippen molar-refractivity contribution < 1.29 is 14.3 Å². The molecular weight excluding hydrogens is 283 g/mol. The van der Waals surface area contributed by atoms with E-state index in [-0.39, 0.29) is 24.6 Å². The maximum atomic E-state index is 12.8. The van der Waals surface area contributed by atoms with Crippen LogP contribution in [0, 0.1) is 17.1 Å². The highest BCUT2D eigenvalue weighted by molar-refractivity contribution is 5.91. The molecule has 1 unspecified atom stereocenters. The fourth-order valence-corrected chi connectivity index (χ4v) is 2.02. The van der Waals surface area contributed by atoms with Gasteiger partial charge in [0.15, 0.2) is 0 Å². The monoisotopic (exact) mass is 298 g/mol. The Kier molecular flexibility index (Phi) is 5.23. The molecule has 0 spiro atoms. The van der Waals surface area contributed by atoms with Gasteiger partial charge in [-0.3, -0.25) is 4.79 Å². The van der Waals surface area contributed by atoms with Crippen molar-refractivity contribution in [2.45, 2.75) is 18.9 Å². The lowest BCUT2D eigenvalue weighted by Gasteiger charge is -2.11. The molecule has 0 aromatic heterocycles. The Morgan fingerprint density at radius 2 is 1.82 bits per heavy atom. The third-order valence-corrected chi connectivity index (χ3v) is 3.10. The minimum absolute atomic E-state index is 0.0582. The Labute approximate surface area is 127 Å². The summed E-state index contributed by atoms with van der Waals surface area (Å²) < 4.78 is 12.8. The Balaban J connectivity index is 1.85. The molecule has 0 saturated carbocycles. The minimum Gasteiger partial charge on any atom is -0.392 e. The van der Waals surface area contributed by atoms with Crippen molar-refractivity contribution in [3.63, 3.8) is 0 Å². The molecule has 2 N–H and O–H groups in total. The molecule has 0 aliphatic rings. The first-order valence-corrected chi connectivity index (χ1v) is 6.79. The molecule has 1 amide bonds. The van der Waals surface area contributed by atoms with Crippen LogP contribution in [0.15, 0.2) is 48.5 Å². The topological polar surface area (TPSA) is 73.1 Å². The van der Waals surface area contributed by atoms with Gasteiger partial charge in [-0.15, -0.1) is 0 Å². The second-order valence-corrected chi connectivity index (χ2v) is 4.93. The molecule has 4 nitrogen and oxygen atoms in total. The van der Waals surface area contributed by atoms with E-state index in [0.717, 1.165) is 5.56 Å². The normalized spacial score (nSPS) is 11.5. The third-order valence-electron chi connectivity index (χ3n) is 3.10. The van der Waals surface area contributed by atoms with Gasteiger partial charge >= 0.3 is 0 Å². The molecule has 0 aliphatic carbocycles. The lowest BCUT2D eigenvalue weighted by molar-refractivity contribution is -0.118. The SMILES string of the molecule is N#Cc1ccc(NC(=O)CC(O)Cc2ccc(F)cc2)cc1. The van der Waals surface area contributed by atoms with Crippen LogP contribution in [0.3, 0.4) is 0 Å². The Bertz CT molecular complexity index is 675. The molecule has 0 fully saturated rings. The summed E-state index contributed by atoms with van der Waals surface area (Å²) in [7, 11) is 0. The lowest BCUT2D eigenvalue weighted by atomic mass is 10.1. The molecule has 22 heavy (non-hydrogen) atoms. The highest BCUT2D eigenvalue weighted by Gasteiger charge is 2.12. The number of halogens is 1. The maximum absolute atomic E-state index is 12.8. The molecule has 5 heteroatoms. The summed E-state index contributed by atoms with van der Waals surface area (Å²) in [6, 6.07) is 14.2. The zero-order valence-electron chi connectivity index (χ0n) is 11.8. The van der Waals surface area contributed by atoms with Crippen LogP contribution in [0.25, 0.3) is 0 Å². The molecule has 2 aromatic carbocycles. The predicted octanol–water partition coefficient (Wildman–Crippen LogP) is 2.63. The molecule has 112 valence electrons. The van der Waals surface area contributed by atoms with Crippen molar-refractivity contribution in [2.75, 3.05) is 5.32 Å². The Morgan fingerprint density at radius 3 is 2.41 bits per heavy atom. The van der Waals surface area contributed by atoms with Gasteiger partial charge < -0.3 is 10.4 Å². The van der Waals surface area contributed by atoms with Gasteiger partial charge in [-0.1, -0.05) is 12.1 Å². The predicted molar refractivity (Wildman–Crippen MR) is 80.5 cm³/mol. The van der Waals surface area contributed by atoms with E-state index in [4.69, 9.17) is 5.26 Å². The van der Waals surface area contributed by atoms with Crippen LogP contribution in [0.1, 0.15) is 17.5 Å². The van der Waals surface area contributed by atoms with Gasteiger partial charge in [-0.2, -0.15) is 5.26 Å². The quantitative estimate of drug-likeness (QED) is 0.891. The van der Waals surface area contributed by atoms with Crippen molar-refractivity contribution in [3.05, 3.63) is 65.5 Å². The second kappa shape index (κ2) is 7.34. The summed E-state index contributed by atoms with van der Waals surface area (Å²) in [5.74, 6) is -0.656. The number of benzene rings is 2. The van der Waals surface area contributed by atoms with Gasteiger partial charge in [-0.25, -0.2) is 4.39 Å². The fourth-order valence-electron chi connectivity index (χ4n) is 2.02. The second-order valence-electron chi connectivity index (χ2n) is 4.93. The summed E-state index contributed by atoms with van der Waals surface area (Å²) in [4.78, 5) is 11.8. The number of aliphatic hydroxyl groups excluding tert-OH is 1. The molecule has 2 aromatic rings. The summed E-state index contributed by atoms with van der Waals surface area (Å²) >= 11 is 0. The first-order valence-electron chi connectivity index (χ1n) is 6.79. The largest absolute Gasteiger partial charge is 0.392 e. The van der Waals surface area contributed by atoms with Gasteiger partial charge in [0.2, 0.25) is 5.91 Å². The highest BCUT2D eigenvalue weighted by Crippen LogP contribution is 2.11. The summed E-state index contributed by atoms with van der Waals surface area (Å²) in [5, 5.41) is 21.2. The Hall–Kier alpha value is -2.71. The summed E-state index contributed by atoms with van der Waals surface area (Å²) in [5.41, 5.74) is 1.84. The standard InChI is InChI=1S/C17H15FN2O2/c18-14-5-1-12(2-6-14)9-16(21)10-17(22)20-15-7-3-13(11-19)4-8-15/h1-8,16,21H,9-10H2,(H,20,22). The number of rotatable bonds is 5. The van der Waals surface area contributed by atoms with E-state index in [2.05, 4.69) is 5.32 Å². The fraction of sp³-hybridized carbons (Fsp3) is 0.176. The number of nitrogens with zero attached hydrogens (tertiary/aromatic N) is 1. The molecule has 2 rings (SSSR count). The first kappa shape index (κ1) is 15.7.